The lowest BCUT2D eigenvalue weighted by Crippen LogP contribution is -2.05. The van der Waals surface area contributed by atoms with Gasteiger partial charge in [0.05, 0.1) is 16.4 Å². The van der Waals surface area contributed by atoms with Gasteiger partial charge in [-0.2, -0.15) is 5.10 Å². The molecule has 0 N–H and O–H groups in total. The zero-order chi connectivity index (χ0) is 12.9. The van der Waals surface area contributed by atoms with Crippen molar-refractivity contribution in [2.45, 2.75) is 32.6 Å². The highest BCUT2D eigenvalue weighted by molar-refractivity contribution is 6.31. The van der Waals surface area contributed by atoms with E-state index in [0.717, 1.165) is 30.1 Å². The molecule has 0 amide bonds. The molecule has 0 saturated heterocycles. The van der Waals surface area contributed by atoms with Crippen LogP contribution in [0.1, 0.15) is 36.0 Å². The first-order valence-corrected chi connectivity index (χ1v) is 6.58. The molecular weight excluding hydrogens is 271 g/mol. The summed E-state index contributed by atoms with van der Waals surface area (Å²) in [6.45, 7) is 3.78. The molecule has 0 unspecified atom stereocenters. The highest BCUT2D eigenvalue weighted by atomic mass is 35.5. The van der Waals surface area contributed by atoms with Crippen LogP contribution in [0, 0.1) is 13.8 Å². The van der Waals surface area contributed by atoms with Gasteiger partial charge in [0.1, 0.15) is 11.0 Å². The molecule has 0 spiro atoms. The fraction of sp³-hybridized carbons (Fsp3) is 0.417. The highest BCUT2D eigenvalue weighted by Gasteiger charge is 2.27. The number of hydrogen-bond donors (Lipinski definition) is 0. The van der Waals surface area contributed by atoms with Crippen LogP contribution in [0.5, 0.6) is 0 Å². The van der Waals surface area contributed by atoms with Crippen molar-refractivity contribution >= 4 is 23.2 Å². The van der Waals surface area contributed by atoms with E-state index in [9.17, 15) is 0 Å². The Morgan fingerprint density at radius 3 is 2.50 bits per heavy atom. The molecule has 1 fully saturated rings. The summed E-state index contributed by atoms with van der Waals surface area (Å²) in [6.07, 6.45) is 2.27. The minimum atomic E-state index is 0.450. The van der Waals surface area contributed by atoms with Crippen molar-refractivity contribution in [3.63, 3.8) is 0 Å². The second kappa shape index (κ2) is 4.21. The fourth-order valence-corrected chi connectivity index (χ4v) is 2.20. The predicted octanol–water partition coefficient (Wildman–Crippen LogP) is 3.46. The van der Waals surface area contributed by atoms with Crippen LogP contribution >= 0.6 is 23.2 Å². The number of aromatic nitrogens is 4. The molecule has 4 nitrogen and oxygen atoms in total. The molecule has 6 heteroatoms. The summed E-state index contributed by atoms with van der Waals surface area (Å²) in [5.74, 6) is 1.94. The van der Waals surface area contributed by atoms with E-state index in [-0.39, 0.29) is 0 Å². The zero-order valence-corrected chi connectivity index (χ0v) is 11.6. The molecule has 0 aliphatic heterocycles. The van der Waals surface area contributed by atoms with Gasteiger partial charge < -0.3 is 0 Å². The Hall–Kier alpha value is -1.13. The molecule has 2 aromatic heterocycles. The lowest BCUT2D eigenvalue weighted by molar-refractivity contribution is 0.781. The second-order valence-electron chi connectivity index (χ2n) is 4.58. The van der Waals surface area contributed by atoms with E-state index in [1.807, 2.05) is 13.8 Å². The topological polar surface area (TPSA) is 43.6 Å². The van der Waals surface area contributed by atoms with E-state index in [1.54, 1.807) is 10.7 Å². The molecule has 2 aromatic rings. The molecule has 1 aliphatic carbocycles. The quantitative estimate of drug-likeness (QED) is 0.793. The van der Waals surface area contributed by atoms with Gasteiger partial charge in [-0.15, -0.1) is 0 Å². The third-order valence-electron chi connectivity index (χ3n) is 3.06. The summed E-state index contributed by atoms with van der Waals surface area (Å²) in [7, 11) is 0. The average Bonchev–Trinajstić information content (AvgIpc) is 3.13. The number of aryl methyl sites for hydroxylation is 1. The Morgan fingerprint density at radius 2 is 1.94 bits per heavy atom. The molecular formula is C12H12Cl2N4. The van der Waals surface area contributed by atoms with Gasteiger partial charge in [0, 0.05) is 12.0 Å². The summed E-state index contributed by atoms with van der Waals surface area (Å²) in [5.41, 5.74) is 1.66. The third kappa shape index (κ3) is 1.99. The molecule has 2 heterocycles. The van der Waals surface area contributed by atoms with Crippen molar-refractivity contribution in [2.75, 3.05) is 0 Å². The summed E-state index contributed by atoms with van der Waals surface area (Å²) >= 11 is 12.2. The first-order valence-electron chi connectivity index (χ1n) is 5.83. The molecule has 1 saturated carbocycles. The highest BCUT2D eigenvalue weighted by Crippen LogP contribution is 2.38. The Labute approximate surface area is 115 Å². The van der Waals surface area contributed by atoms with Crippen LogP contribution in [0.3, 0.4) is 0 Å². The van der Waals surface area contributed by atoms with Gasteiger partial charge >= 0.3 is 0 Å². The molecule has 3 rings (SSSR count). The maximum Gasteiger partial charge on any atom is 0.158 e. The molecule has 0 atom stereocenters. The maximum atomic E-state index is 6.14. The van der Waals surface area contributed by atoms with Crippen molar-refractivity contribution < 1.29 is 0 Å². The monoisotopic (exact) mass is 282 g/mol. The van der Waals surface area contributed by atoms with Gasteiger partial charge in [-0.1, -0.05) is 23.2 Å². The Bertz CT molecular complexity index is 617. The van der Waals surface area contributed by atoms with Crippen LogP contribution < -0.4 is 0 Å². The van der Waals surface area contributed by atoms with Gasteiger partial charge in [-0.25, -0.2) is 14.6 Å². The van der Waals surface area contributed by atoms with E-state index >= 15 is 0 Å². The van der Waals surface area contributed by atoms with Crippen molar-refractivity contribution in [1.29, 1.82) is 0 Å². The van der Waals surface area contributed by atoms with Crippen LogP contribution in [0.25, 0.3) is 5.82 Å². The average molecular weight is 283 g/mol. The molecule has 18 heavy (non-hydrogen) atoms. The first-order chi connectivity index (χ1) is 8.56. The van der Waals surface area contributed by atoms with Gasteiger partial charge in [-0.3, -0.25) is 0 Å². The van der Waals surface area contributed by atoms with Crippen LogP contribution in [0.15, 0.2) is 6.07 Å². The number of halogens is 2. The van der Waals surface area contributed by atoms with Crippen molar-refractivity contribution in [3.8, 4) is 5.82 Å². The van der Waals surface area contributed by atoms with Crippen LogP contribution in [-0.2, 0) is 0 Å². The summed E-state index contributed by atoms with van der Waals surface area (Å²) < 4.78 is 1.72. The minimum absolute atomic E-state index is 0.450. The fourth-order valence-electron chi connectivity index (χ4n) is 1.90. The van der Waals surface area contributed by atoms with Crippen LogP contribution in [0.4, 0.5) is 0 Å². The number of hydrogen-bond acceptors (Lipinski definition) is 3. The van der Waals surface area contributed by atoms with Gasteiger partial charge in [0.25, 0.3) is 0 Å². The van der Waals surface area contributed by atoms with E-state index in [2.05, 4.69) is 15.1 Å². The zero-order valence-electron chi connectivity index (χ0n) is 10.1. The standard InChI is InChI=1S/C12H12Cl2N4/c1-6-11(14)7(2)18(17-6)10-5-9(13)15-12(16-10)8-3-4-8/h5,8H,3-4H2,1-2H3. The van der Waals surface area contributed by atoms with Crippen molar-refractivity contribution in [3.05, 3.63) is 33.5 Å². The Morgan fingerprint density at radius 1 is 1.22 bits per heavy atom. The predicted molar refractivity (Wildman–Crippen MR) is 70.6 cm³/mol. The molecule has 0 radical (unpaired) electrons. The first kappa shape index (κ1) is 11.9. The Balaban J connectivity index is 2.12. The van der Waals surface area contributed by atoms with Crippen LogP contribution in [-0.4, -0.2) is 19.7 Å². The van der Waals surface area contributed by atoms with Gasteiger partial charge in [-0.05, 0) is 26.7 Å². The van der Waals surface area contributed by atoms with Crippen molar-refractivity contribution in [2.24, 2.45) is 0 Å². The molecule has 1 aliphatic rings. The summed E-state index contributed by atoms with van der Waals surface area (Å²) in [4.78, 5) is 8.79. The Kier molecular flexibility index (Phi) is 2.79. The SMILES string of the molecule is Cc1nn(-c2cc(Cl)nc(C3CC3)n2)c(C)c1Cl. The normalized spacial score (nSPS) is 15.1. The summed E-state index contributed by atoms with van der Waals surface area (Å²) in [5, 5.41) is 5.49. The summed E-state index contributed by atoms with van der Waals surface area (Å²) in [6, 6.07) is 1.71. The maximum absolute atomic E-state index is 6.14. The molecule has 94 valence electrons. The van der Waals surface area contributed by atoms with Gasteiger partial charge in [0.15, 0.2) is 5.82 Å². The van der Waals surface area contributed by atoms with Crippen LogP contribution in [0.2, 0.25) is 10.2 Å². The number of nitrogens with zero attached hydrogens (tertiary/aromatic N) is 4. The molecule has 0 bridgehead atoms. The number of rotatable bonds is 2. The minimum Gasteiger partial charge on any atom is -0.221 e. The lowest BCUT2D eigenvalue weighted by atomic mass is 10.4. The van der Waals surface area contributed by atoms with E-state index in [0.29, 0.717) is 21.9 Å². The smallest absolute Gasteiger partial charge is 0.158 e. The van der Waals surface area contributed by atoms with E-state index in [1.165, 1.54) is 0 Å². The third-order valence-corrected chi connectivity index (χ3v) is 3.80. The van der Waals surface area contributed by atoms with E-state index < -0.39 is 0 Å². The lowest BCUT2D eigenvalue weighted by Gasteiger charge is -2.06. The van der Waals surface area contributed by atoms with Gasteiger partial charge in [0.2, 0.25) is 0 Å². The molecule has 0 aromatic carbocycles. The second-order valence-corrected chi connectivity index (χ2v) is 5.34. The van der Waals surface area contributed by atoms with Crippen molar-refractivity contribution in [1.82, 2.24) is 19.7 Å². The largest absolute Gasteiger partial charge is 0.221 e. The van der Waals surface area contributed by atoms with E-state index in [4.69, 9.17) is 23.2 Å².